The zero-order valence-corrected chi connectivity index (χ0v) is 16.8. The van der Waals surface area contributed by atoms with E-state index >= 15 is 0 Å². The van der Waals surface area contributed by atoms with Gasteiger partial charge in [0, 0.05) is 25.1 Å². The van der Waals surface area contributed by atoms with Crippen molar-refractivity contribution in [2.24, 2.45) is 5.92 Å². The van der Waals surface area contributed by atoms with E-state index in [1.54, 1.807) is 37.5 Å². The van der Waals surface area contributed by atoms with Crippen molar-refractivity contribution in [2.75, 3.05) is 5.32 Å². The Hall–Kier alpha value is -2.94. The van der Waals surface area contributed by atoms with Crippen LogP contribution in [0.5, 0.6) is 0 Å². The summed E-state index contributed by atoms with van der Waals surface area (Å²) in [6.07, 6.45) is 5.75. The summed E-state index contributed by atoms with van der Waals surface area (Å²) in [6, 6.07) is 5.19. The fourth-order valence-corrected chi connectivity index (χ4v) is 4.89. The van der Waals surface area contributed by atoms with Gasteiger partial charge in [0.05, 0.1) is 17.4 Å². The van der Waals surface area contributed by atoms with Crippen LogP contribution >= 0.6 is 11.6 Å². The van der Waals surface area contributed by atoms with Crippen molar-refractivity contribution in [3.8, 4) is 5.69 Å². The lowest BCUT2D eigenvalue weighted by Gasteiger charge is -2.61. The molecule has 2 aliphatic rings. The molecule has 1 aromatic carbocycles. The van der Waals surface area contributed by atoms with Crippen LogP contribution in [0.4, 0.5) is 10.5 Å². The normalized spacial score (nSPS) is 25.6. The van der Waals surface area contributed by atoms with Gasteiger partial charge in [0.15, 0.2) is 0 Å². The maximum atomic E-state index is 13.2. The number of nitrogens with one attached hydrogen (secondary N) is 1. The van der Waals surface area contributed by atoms with E-state index in [0.29, 0.717) is 34.1 Å². The molecule has 0 spiro atoms. The summed E-state index contributed by atoms with van der Waals surface area (Å²) in [5, 5.41) is 19.9. The molecule has 3 atom stereocenters. The average molecular weight is 414 g/mol. The Morgan fingerprint density at radius 2 is 2.07 bits per heavy atom. The second kappa shape index (κ2) is 6.55. The molecule has 1 aliphatic heterocycles. The molecular formula is C19H20ClN7O2. The van der Waals surface area contributed by atoms with Gasteiger partial charge in [0.25, 0.3) is 0 Å². The third kappa shape index (κ3) is 2.88. The lowest BCUT2D eigenvalue weighted by molar-refractivity contribution is -0.110. The standard InChI is InChI=1S/C19H20ClN7O2/c1-11-7-14-10-19(9-11,17-25-24-12(2)29-17)26(14)18(28)23-13-3-4-15(20)16(8-13)27-21-5-6-22-27/h3-6,8,11,14H,7,9-10H2,1-2H3,(H,23,28)/t11-,14-,19?/m1/s1. The number of aryl methyl sites for hydroxylation is 1. The van der Waals surface area contributed by atoms with E-state index in [1.165, 1.54) is 4.80 Å². The Kier molecular flexibility index (Phi) is 4.09. The predicted molar refractivity (Wildman–Crippen MR) is 105 cm³/mol. The summed E-state index contributed by atoms with van der Waals surface area (Å²) in [6.45, 7) is 3.96. The van der Waals surface area contributed by atoms with Gasteiger partial charge >= 0.3 is 6.03 Å². The second-order valence-electron chi connectivity index (χ2n) is 7.85. The summed E-state index contributed by atoms with van der Waals surface area (Å²) in [7, 11) is 0. The number of hydrogen-bond acceptors (Lipinski definition) is 6. The van der Waals surface area contributed by atoms with E-state index in [9.17, 15) is 4.79 Å². The number of likely N-dealkylation sites (tertiary alicyclic amines) is 1. The van der Waals surface area contributed by atoms with Gasteiger partial charge in [-0.15, -0.1) is 10.2 Å². The maximum Gasteiger partial charge on any atom is 0.323 e. The van der Waals surface area contributed by atoms with E-state index in [-0.39, 0.29) is 12.1 Å². The molecule has 2 bridgehead atoms. The molecule has 29 heavy (non-hydrogen) atoms. The van der Waals surface area contributed by atoms with E-state index in [0.717, 1.165) is 19.3 Å². The van der Waals surface area contributed by atoms with Crippen molar-refractivity contribution < 1.29 is 9.21 Å². The van der Waals surface area contributed by atoms with Crippen LogP contribution in [0.2, 0.25) is 5.02 Å². The molecule has 0 radical (unpaired) electrons. The molecule has 5 rings (SSSR count). The van der Waals surface area contributed by atoms with Crippen LogP contribution in [0.25, 0.3) is 5.69 Å². The number of carbonyl (C=O) groups is 1. The fourth-order valence-electron chi connectivity index (χ4n) is 4.70. The highest BCUT2D eigenvalue weighted by molar-refractivity contribution is 6.32. The van der Waals surface area contributed by atoms with Crippen molar-refractivity contribution in [1.82, 2.24) is 30.1 Å². The predicted octanol–water partition coefficient (Wildman–Crippen LogP) is 3.54. The molecule has 9 nitrogen and oxygen atoms in total. The molecule has 1 N–H and O–H groups in total. The summed E-state index contributed by atoms with van der Waals surface area (Å²) >= 11 is 6.27. The van der Waals surface area contributed by atoms with E-state index in [1.807, 2.05) is 4.90 Å². The van der Waals surface area contributed by atoms with E-state index in [2.05, 4.69) is 32.6 Å². The molecule has 1 aliphatic carbocycles. The molecule has 2 fully saturated rings. The lowest BCUT2D eigenvalue weighted by atomic mass is 9.64. The first-order chi connectivity index (χ1) is 14.0. The molecule has 1 saturated carbocycles. The van der Waals surface area contributed by atoms with E-state index in [4.69, 9.17) is 16.0 Å². The van der Waals surface area contributed by atoms with E-state index < -0.39 is 5.54 Å². The van der Waals surface area contributed by atoms with Gasteiger partial charge in [-0.05, 0) is 37.0 Å². The van der Waals surface area contributed by atoms with Gasteiger partial charge in [-0.25, -0.2) is 4.79 Å². The summed E-state index contributed by atoms with van der Waals surface area (Å²) < 4.78 is 5.75. The Balaban J connectivity index is 1.43. The summed E-state index contributed by atoms with van der Waals surface area (Å²) in [5.41, 5.74) is 0.669. The number of urea groups is 1. The van der Waals surface area contributed by atoms with Gasteiger partial charge in [0.1, 0.15) is 11.2 Å². The van der Waals surface area contributed by atoms with Crippen molar-refractivity contribution >= 4 is 23.3 Å². The molecule has 1 unspecified atom stereocenters. The van der Waals surface area contributed by atoms with Crippen LogP contribution in [-0.2, 0) is 5.54 Å². The first-order valence-corrected chi connectivity index (χ1v) is 9.91. The highest BCUT2D eigenvalue weighted by Crippen LogP contribution is 2.55. The molecule has 2 amide bonds. The molecule has 10 heteroatoms. The quantitative estimate of drug-likeness (QED) is 0.704. The molecule has 2 aromatic heterocycles. The Morgan fingerprint density at radius 1 is 1.28 bits per heavy atom. The zero-order chi connectivity index (χ0) is 20.2. The Labute approximate surface area is 172 Å². The van der Waals surface area contributed by atoms with Crippen LogP contribution in [0.1, 0.15) is 38.0 Å². The number of carbonyl (C=O) groups excluding carboxylic acids is 1. The number of nitrogens with zero attached hydrogens (tertiary/aromatic N) is 6. The second-order valence-corrected chi connectivity index (χ2v) is 8.25. The SMILES string of the molecule is Cc1nnc(C23C[C@H](C)C[C@H](C2)N3C(=O)Nc2ccc(Cl)c(-n3nccn3)c2)o1. The Morgan fingerprint density at radius 3 is 2.79 bits per heavy atom. The number of halogens is 1. The number of amides is 2. The van der Waals surface area contributed by atoms with Gasteiger partial charge in [-0.1, -0.05) is 18.5 Å². The third-order valence-electron chi connectivity index (χ3n) is 5.73. The largest absolute Gasteiger partial charge is 0.423 e. The number of aromatic nitrogens is 5. The minimum Gasteiger partial charge on any atom is -0.423 e. The van der Waals surface area contributed by atoms with Crippen molar-refractivity contribution in [2.45, 2.75) is 44.7 Å². The number of anilines is 1. The van der Waals surface area contributed by atoms with Crippen LogP contribution in [0.15, 0.2) is 35.0 Å². The highest BCUT2D eigenvalue weighted by Gasteiger charge is 2.62. The molecule has 150 valence electrons. The van der Waals surface area contributed by atoms with Crippen LogP contribution in [-0.4, -0.2) is 42.2 Å². The van der Waals surface area contributed by atoms with Crippen LogP contribution < -0.4 is 5.32 Å². The number of rotatable bonds is 3. The number of piperidine rings is 1. The smallest absolute Gasteiger partial charge is 0.323 e. The number of benzene rings is 1. The molecule has 1 saturated heterocycles. The summed E-state index contributed by atoms with van der Waals surface area (Å²) in [4.78, 5) is 16.5. The topological polar surface area (TPSA) is 102 Å². The average Bonchev–Trinajstić information content (AvgIpc) is 3.34. The van der Waals surface area contributed by atoms with Gasteiger partial charge < -0.3 is 14.6 Å². The molecular weight excluding hydrogens is 394 g/mol. The molecule has 3 heterocycles. The maximum absolute atomic E-state index is 13.2. The molecule has 3 aromatic rings. The monoisotopic (exact) mass is 413 g/mol. The third-order valence-corrected chi connectivity index (χ3v) is 6.05. The fraction of sp³-hybridized carbons (Fsp3) is 0.421. The van der Waals surface area contributed by atoms with Crippen LogP contribution in [0.3, 0.4) is 0 Å². The lowest BCUT2D eigenvalue weighted by Crippen LogP contribution is -2.70. The van der Waals surface area contributed by atoms with Crippen molar-refractivity contribution in [3.63, 3.8) is 0 Å². The number of fused-ring (bicyclic) bond motifs is 2. The minimum atomic E-state index is -0.535. The summed E-state index contributed by atoms with van der Waals surface area (Å²) in [5.74, 6) is 1.51. The van der Waals surface area contributed by atoms with Gasteiger partial charge in [0.2, 0.25) is 11.8 Å². The van der Waals surface area contributed by atoms with Crippen molar-refractivity contribution in [3.05, 3.63) is 47.4 Å². The van der Waals surface area contributed by atoms with Crippen molar-refractivity contribution in [1.29, 1.82) is 0 Å². The highest BCUT2D eigenvalue weighted by atomic mass is 35.5. The first kappa shape index (κ1) is 18.1. The van der Waals surface area contributed by atoms with Gasteiger partial charge in [-0.3, -0.25) is 0 Å². The Bertz CT molecular complexity index is 1070. The first-order valence-electron chi connectivity index (χ1n) is 9.53. The number of hydrogen-bond donors (Lipinski definition) is 1. The zero-order valence-electron chi connectivity index (χ0n) is 16.0. The minimum absolute atomic E-state index is 0.158. The van der Waals surface area contributed by atoms with Crippen LogP contribution in [0, 0.1) is 12.8 Å². The van der Waals surface area contributed by atoms with Gasteiger partial charge in [-0.2, -0.15) is 15.0 Å².